The van der Waals surface area contributed by atoms with Crippen molar-refractivity contribution in [1.29, 1.82) is 0 Å². The Morgan fingerprint density at radius 1 is 1.67 bits per heavy atom. The fourth-order valence-electron chi connectivity index (χ4n) is 1.18. The average molecular weight is 168 g/mol. The summed E-state index contributed by atoms with van der Waals surface area (Å²) in [6.07, 6.45) is 3.89. The fourth-order valence-corrected chi connectivity index (χ4v) is 1.18. The Bertz CT molecular complexity index is 183. The molecule has 0 atom stereocenters. The molecule has 1 N–H and O–H groups in total. The molecule has 1 heterocycles. The topological polar surface area (TPSA) is 24.5 Å². The molecule has 0 aromatic rings. The molecule has 0 unspecified atom stereocenters. The molecule has 3 heteroatoms. The number of hydrogen-bond acceptors (Lipinski definition) is 3. The number of rotatable bonds is 4. The van der Waals surface area contributed by atoms with Crippen LogP contribution in [0, 0.1) is 0 Å². The van der Waals surface area contributed by atoms with Crippen LogP contribution in [0.15, 0.2) is 24.6 Å². The number of ether oxygens (including phenoxy) is 1. The Hall–Kier alpha value is -0.960. The molecular weight excluding hydrogens is 152 g/mol. The lowest BCUT2D eigenvalue weighted by molar-refractivity contribution is -0.0127. The highest BCUT2D eigenvalue weighted by Gasteiger charge is 2.24. The Morgan fingerprint density at radius 3 is 2.75 bits per heavy atom. The van der Waals surface area contributed by atoms with Crippen molar-refractivity contribution in [2.75, 3.05) is 27.2 Å². The molecule has 0 aromatic carbocycles. The van der Waals surface area contributed by atoms with Crippen LogP contribution < -0.4 is 5.32 Å². The summed E-state index contributed by atoms with van der Waals surface area (Å²) < 4.78 is 5.58. The van der Waals surface area contributed by atoms with Gasteiger partial charge in [0, 0.05) is 20.1 Å². The van der Waals surface area contributed by atoms with Crippen LogP contribution in [0.1, 0.15) is 0 Å². The SMILES string of the molecule is C=C/C=C(\NC)OC1CN(C)C1. The molecule has 1 aliphatic heterocycles. The monoisotopic (exact) mass is 168 g/mol. The number of likely N-dealkylation sites (N-methyl/N-ethyl adjacent to an activating group) is 1. The second-order valence-corrected chi connectivity index (χ2v) is 2.98. The first kappa shape index (κ1) is 9.13. The zero-order valence-electron chi connectivity index (χ0n) is 7.71. The van der Waals surface area contributed by atoms with E-state index in [0.29, 0.717) is 6.10 Å². The van der Waals surface area contributed by atoms with Crippen molar-refractivity contribution < 1.29 is 4.74 Å². The van der Waals surface area contributed by atoms with E-state index in [4.69, 9.17) is 4.74 Å². The standard InChI is InChI=1S/C9H16N2O/c1-4-5-9(10-2)12-8-6-11(3)7-8/h4-5,8,10H,1,6-7H2,2-3H3/b9-5+. The van der Waals surface area contributed by atoms with Gasteiger partial charge in [0.1, 0.15) is 6.10 Å². The molecule has 1 fully saturated rings. The molecule has 0 radical (unpaired) electrons. The lowest BCUT2D eigenvalue weighted by Gasteiger charge is -2.36. The second-order valence-electron chi connectivity index (χ2n) is 2.98. The smallest absolute Gasteiger partial charge is 0.186 e. The molecule has 1 saturated heterocycles. The molecular formula is C9H16N2O. The lowest BCUT2D eigenvalue weighted by Crippen LogP contribution is -2.50. The zero-order valence-corrected chi connectivity index (χ0v) is 7.71. The third kappa shape index (κ3) is 2.27. The summed E-state index contributed by atoms with van der Waals surface area (Å²) in [5.74, 6) is 0.795. The highest BCUT2D eigenvalue weighted by atomic mass is 16.5. The van der Waals surface area contributed by atoms with E-state index in [9.17, 15) is 0 Å². The molecule has 0 amide bonds. The van der Waals surface area contributed by atoms with Crippen LogP contribution in [0.4, 0.5) is 0 Å². The molecule has 1 aliphatic rings. The Balaban J connectivity index is 2.28. The van der Waals surface area contributed by atoms with Gasteiger partial charge in [-0.25, -0.2) is 0 Å². The highest BCUT2D eigenvalue weighted by molar-refractivity contribution is 5.03. The molecule has 12 heavy (non-hydrogen) atoms. The summed E-state index contributed by atoms with van der Waals surface area (Å²) in [6, 6.07) is 0. The van der Waals surface area contributed by atoms with Gasteiger partial charge < -0.3 is 10.1 Å². The zero-order chi connectivity index (χ0) is 8.97. The van der Waals surface area contributed by atoms with E-state index >= 15 is 0 Å². The van der Waals surface area contributed by atoms with Gasteiger partial charge in [0.15, 0.2) is 5.88 Å². The molecule has 3 nitrogen and oxygen atoms in total. The third-order valence-electron chi connectivity index (χ3n) is 1.84. The molecule has 1 rings (SSSR count). The first-order valence-corrected chi connectivity index (χ1v) is 4.12. The van der Waals surface area contributed by atoms with Gasteiger partial charge in [0.05, 0.1) is 0 Å². The molecule has 0 aromatic heterocycles. The minimum atomic E-state index is 0.341. The van der Waals surface area contributed by atoms with E-state index in [1.807, 2.05) is 13.1 Å². The van der Waals surface area contributed by atoms with E-state index in [0.717, 1.165) is 19.0 Å². The van der Waals surface area contributed by atoms with Gasteiger partial charge in [-0.3, -0.25) is 4.90 Å². The second kappa shape index (κ2) is 4.16. The molecule has 0 spiro atoms. The lowest BCUT2D eigenvalue weighted by atomic mass is 10.2. The van der Waals surface area contributed by atoms with Crippen LogP contribution in [0.3, 0.4) is 0 Å². The summed E-state index contributed by atoms with van der Waals surface area (Å²) in [4.78, 5) is 2.21. The highest BCUT2D eigenvalue weighted by Crippen LogP contribution is 2.11. The van der Waals surface area contributed by atoms with Crippen molar-refractivity contribution >= 4 is 0 Å². The number of nitrogens with one attached hydrogen (secondary N) is 1. The maximum atomic E-state index is 5.58. The summed E-state index contributed by atoms with van der Waals surface area (Å²) in [7, 11) is 3.92. The molecule has 0 bridgehead atoms. The minimum Gasteiger partial charge on any atom is -0.473 e. The quantitative estimate of drug-likeness (QED) is 0.490. The van der Waals surface area contributed by atoms with Gasteiger partial charge >= 0.3 is 0 Å². The van der Waals surface area contributed by atoms with E-state index in [2.05, 4.69) is 23.8 Å². The van der Waals surface area contributed by atoms with Crippen molar-refractivity contribution in [2.45, 2.75) is 6.10 Å². The Kier molecular flexibility index (Phi) is 3.17. The fraction of sp³-hybridized carbons (Fsp3) is 0.556. The van der Waals surface area contributed by atoms with Crippen LogP contribution >= 0.6 is 0 Å². The van der Waals surface area contributed by atoms with Gasteiger partial charge in [-0.2, -0.15) is 0 Å². The van der Waals surface area contributed by atoms with E-state index in [-0.39, 0.29) is 0 Å². The van der Waals surface area contributed by atoms with Crippen molar-refractivity contribution in [1.82, 2.24) is 10.2 Å². The van der Waals surface area contributed by atoms with Crippen molar-refractivity contribution in [3.8, 4) is 0 Å². The third-order valence-corrected chi connectivity index (χ3v) is 1.84. The van der Waals surface area contributed by atoms with E-state index in [1.165, 1.54) is 0 Å². The Labute approximate surface area is 73.7 Å². The van der Waals surface area contributed by atoms with E-state index in [1.54, 1.807) is 6.08 Å². The largest absolute Gasteiger partial charge is 0.473 e. The first-order chi connectivity index (χ1) is 5.76. The van der Waals surface area contributed by atoms with Crippen LogP contribution in [-0.2, 0) is 4.74 Å². The van der Waals surface area contributed by atoms with Crippen molar-refractivity contribution in [2.24, 2.45) is 0 Å². The molecule has 0 saturated carbocycles. The van der Waals surface area contributed by atoms with Crippen molar-refractivity contribution in [3.63, 3.8) is 0 Å². The predicted octanol–water partition coefficient (Wildman–Crippen LogP) is 0.564. The van der Waals surface area contributed by atoms with Gasteiger partial charge in [-0.15, -0.1) is 0 Å². The van der Waals surface area contributed by atoms with Gasteiger partial charge in [0.25, 0.3) is 0 Å². The van der Waals surface area contributed by atoms with Crippen LogP contribution in [0.5, 0.6) is 0 Å². The normalized spacial score (nSPS) is 20.0. The number of likely N-dealkylation sites (tertiary alicyclic amines) is 1. The van der Waals surface area contributed by atoms with Gasteiger partial charge in [0.2, 0.25) is 0 Å². The molecule has 0 aliphatic carbocycles. The van der Waals surface area contributed by atoms with Crippen LogP contribution in [-0.4, -0.2) is 38.2 Å². The molecule has 68 valence electrons. The first-order valence-electron chi connectivity index (χ1n) is 4.12. The summed E-state index contributed by atoms with van der Waals surface area (Å²) in [5.41, 5.74) is 0. The summed E-state index contributed by atoms with van der Waals surface area (Å²) >= 11 is 0. The summed E-state index contributed by atoms with van der Waals surface area (Å²) in [6.45, 7) is 5.63. The number of nitrogens with zero attached hydrogens (tertiary/aromatic N) is 1. The average Bonchev–Trinajstić information content (AvgIpc) is 2.00. The maximum Gasteiger partial charge on any atom is 0.186 e. The summed E-state index contributed by atoms with van der Waals surface area (Å²) in [5, 5.41) is 2.97. The van der Waals surface area contributed by atoms with E-state index < -0.39 is 0 Å². The number of allylic oxidation sites excluding steroid dienone is 2. The Morgan fingerprint density at radius 2 is 2.33 bits per heavy atom. The van der Waals surface area contributed by atoms with Crippen molar-refractivity contribution in [3.05, 3.63) is 24.6 Å². The van der Waals surface area contributed by atoms with Crippen LogP contribution in [0.2, 0.25) is 0 Å². The minimum absolute atomic E-state index is 0.341. The predicted molar refractivity (Wildman–Crippen MR) is 49.7 cm³/mol. The van der Waals surface area contributed by atoms with Gasteiger partial charge in [-0.05, 0) is 13.1 Å². The van der Waals surface area contributed by atoms with Crippen LogP contribution in [0.25, 0.3) is 0 Å². The number of hydrogen-bond donors (Lipinski definition) is 1. The van der Waals surface area contributed by atoms with Gasteiger partial charge in [-0.1, -0.05) is 12.7 Å². The maximum absolute atomic E-state index is 5.58.